The van der Waals surface area contributed by atoms with Crippen LogP contribution in [0.3, 0.4) is 0 Å². The van der Waals surface area contributed by atoms with Gasteiger partial charge in [-0.3, -0.25) is 9.48 Å². The summed E-state index contributed by atoms with van der Waals surface area (Å²) in [4.78, 5) is 12.2. The van der Waals surface area contributed by atoms with Gasteiger partial charge in [0, 0.05) is 12.1 Å². The van der Waals surface area contributed by atoms with E-state index in [1.165, 1.54) is 12.1 Å². The number of carbonyl (C=O) groups is 1. The Morgan fingerprint density at radius 3 is 2.69 bits per heavy atom. The average Bonchev–Trinajstić information content (AvgIpc) is 3.11. The van der Waals surface area contributed by atoms with E-state index in [2.05, 4.69) is 10.4 Å². The first-order valence-corrected chi connectivity index (χ1v) is 8.46. The van der Waals surface area contributed by atoms with Gasteiger partial charge in [0.05, 0.1) is 24.9 Å². The average molecular weight is 351 g/mol. The molecule has 0 bridgehead atoms. The summed E-state index contributed by atoms with van der Waals surface area (Å²) in [5.41, 5.74) is 3.00. The fraction of sp³-hybridized carbons (Fsp3) is 0.200. The van der Waals surface area contributed by atoms with Crippen LogP contribution in [-0.2, 0) is 11.3 Å². The first-order valence-electron chi connectivity index (χ1n) is 8.46. The zero-order chi connectivity index (χ0) is 17.9. The molecular formula is C20H18FN3O2. The molecule has 0 fully saturated rings. The van der Waals surface area contributed by atoms with Gasteiger partial charge in [-0.2, -0.15) is 5.10 Å². The first-order chi connectivity index (χ1) is 12.7. The molecule has 0 saturated heterocycles. The van der Waals surface area contributed by atoms with Crippen LogP contribution in [0.2, 0.25) is 0 Å². The fourth-order valence-electron chi connectivity index (χ4n) is 3.01. The van der Waals surface area contributed by atoms with E-state index in [0.29, 0.717) is 31.1 Å². The van der Waals surface area contributed by atoms with E-state index >= 15 is 0 Å². The molecule has 0 spiro atoms. The van der Waals surface area contributed by atoms with Crippen molar-refractivity contribution in [1.29, 1.82) is 0 Å². The third-order valence-corrected chi connectivity index (χ3v) is 4.37. The molecule has 4 rings (SSSR count). The molecule has 1 aromatic heterocycles. The number of hydrogen-bond donors (Lipinski definition) is 1. The lowest BCUT2D eigenvalue weighted by Crippen LogP contribution is -2.41. The first kappa shape index (κ1) is 16.5. The maximum absolute atomic E-state index is 13.1. The Balaban J connectivity index is 1.51. The van der Waals surface area contributed by atoms with Gasteiger partial charge in [0.2, 0.25) is 0 Å². The minimum atomic E-state index is -0.303. The minimum absolute atomic E-state index is 0.0828. The monoisotopic (exact) mass is 351 g/mol. The van der Waals surface area contributed by atoms with Gasteiger partial charge < -0.3 is 10.1 Å². The van der Waals surface area contributed by atoms with Crippen molar-refractivity contribution in [2.45, 2.75) is 12.6 Å². The second-order valence-corrected chi connectivity index (χ2v) is 6.23. The largest absolute Gasteiger partial charge is 0.374 e. The van der Waals surface area contributed by atoms with Gasteiger partial charge in [-0.25, -0.2) is 4.39 Å². The summed E-state index contributed by atoms with van der Waals surface area (Å²) in [5.74, 6) is -0.465. The lowest BCUT2D eigenvalue weighted by atomic mass is 10.1. The highest BCUT2D eigenvalue weighted by molar-refractivity contribution is 5.94. The Morgan fingerprint density at radius 2 is 1.92 bits per heavy atom. The number of fused-ring (bicyclic) bond motifs is 1. The number of ether oxygens (including phenoxy) is 1. The van der Waals surface area contributed by atoms with Gasteiger partial charge in [0.15, 0.2) is 0 Å². The van der Waals surface area contributed by atoms with Crippen LogP contribution in [0.4, 0.5) is 4.39 Å². The minimum Gasteiger partial charge on any atom is -0.374 e. The molecule has 1 N–H and O–H groups in total. The summed E-state index contributed by atoms with van der Waals surface area (Å²) >= 11 is 0. The van der Waals surface area contributed by atoms with E-state index in [1.54, 1.807) is 22.9 Å². The van der Waals surface area contributed by atoms with Gasteiger partial charge in [-0.15, -0.1) is 0 Å². The third kappa shape index (κ3) is 3.36. The fourth-order valence-corrected chi connectivity index (χ4v) is 3.01. The molecule has 1 aliphatic heterocycles. The van der Waals surface area contributed by atoms with Crippen molar-refractivity contribution in [1.82, 2.24) is 15.1 Å². The molecule has 1 atom stereocenters. The number of nitrogens with one attached hydrogen (secondary N) is 1. The highest BCUT2D eigenvalue weighted by Crippen LogP contribution is 2.24. The standard InChI is InChI=1S/C20H18FN3O2/c21-16-8-6-15(7-9-16)18-10-19-20(25)22-11-17(24(19)23-18)13-26-12-14-4-2-1-3-5-14/h1-10,17H,11-13H2,(H,22,25). The molecule has 1 unspecified atom stereocenters. The Bertz CT molecular complexity index is 907. The number of amides is 1. The number of nitrogens with zero attached hydrogens (tertiary/aromatic N) is 2. The number of hydrogen-bond acceptors (Lipinski definition) is 3. The molecule has 2 aromatic carbocycles. The zero-order valence-electron chi connectivity index (χ0n) is 14.1. The number of aromatic nitrogens is 2. The molecule has 5 nitrogen and oxygen atoms in total. The molecule has 1 amide bonds. The summed E-state index contributed by atoms with van der Waals surface area (Å²) in [6, 6.07) is 17.6. The van der Waals surface area contributed by atoms with Crippen LogP contribution in [0.25, 0.3) is 11.3 Å². The van der Waals surface area contributed by atoms with Crippen LogP contribution in [0.15, 0.2) is 60.7 Å². The summed E-state index contributed by atoms with van der Waals surface area (Å²) in [5, 5.41) is 7.43. The van der Waals surface area contributed by atoms with Crippen molar-refractivity contribution in [3.63, 3.8) is 0 Å². The molecule has 0 radical (unpaired) electrons. The van der Waals surface area contributed by atoms with Crippen molar-refractivity contribution < 1.29 is 13.9 Å². The van der Waals surface area contributed by atoms with Gasteiger partial charge in [-0.1, -0.05) is 30.3 Å². The van der Waals surface area contributed by atoms with Gasteiger partial charge in [0.1, 0.15) is 11.5 Å². The predicted octanol–water partition coefficient (Wildman–Crippen LogP) is 3.19. The van der Waals surface area contributed by atoms with E-state index < -0.39 is 0 Å². The molecule has 3 aromatic rings. The second kappa shape index (κ2) is 7.09. The molecular weight excluding hydrogens is 333 g/mol. The topological polar surface area (TPSA) is 56.1 Å². The number of rotatable bonds is 5. The number of benzene rings is 2. The predicted molar refractivity (Wildman–Crippen MR) is 95.1 cm³/mol. The van der Waals surface area contributed by atoms with Crippen molar-refractivity contribution in [3.05, 3.63) is 77.7 Å². The Hall–Kier alpha value is -2.99. The van der Waals surface area contributed by atoms with Crippen molar-refractivity contribution in [3.8, 4) is 11.3 Å². The highest BCUT2D eigenvalue weighted by Gasteiger charge is 2.27. The SMILES string of the molecule is O=C1NCC(COCc2ccccc2)n2nc(-c3ccc(F)cc3)cc21. The maximum atomic E-state index is 13.1. The Kier molecular flexibility index (Phi) is 4.50. The maximum Gasteiger partial charge on any atom is 0.269 e. The number of carbonyl (C=O) groups excluding carboxylic acids is 1. The number of halogens is 1. The van der Waals surface area contributed by atoms with Crippen LogP contribution in [0, 0.1) is 5.82 Å². The van der Waals surface area contributed by atoms with E-state index in [0.717, 1.165) is 11.1 Å². The third-order valence-electron chi connectivity index (χ3n) is 4.37. The lowest BCUT2D eigenvalue weighted by Gasteiger charge is -2.24. The van der Waals surface area contributed by atoms with Crippen molar-refractivity contribution >= 4 is 5.91 Å². The summed E-state index contributed by atoms with van der Waals surface area (Å²) in [6.07, 6.45) is 0. The Labute approximate surface area is 150 Å². The second-order valence-electron chi connectivity index (χ2n) is 6.23. The van der Waals surface area contributed by atoms with Gasteiger partial charge in [-0.05, 0) is 35.9 Å². The molecule has 0 saturated carbocycles. The lowest BCUT2D eigenvalue weighted by molar-refractivity contribution is 0.0714. The summed E-state index contributed by atoms with van der Waals surface area (Å²) in [6.45, 7) is 1.41. The highest BCUT2D eigenvalue weighted by atomic mass is 19.1. The summed E-state index contributed by atoms with van der Waals surface area (Å²) < 4.78 is 20.7. The molecule has 2 heterocycles. The van der Waals surface area contributed by atoms with E-state index in [4.69, 9.17) is 4.74 Å². The van der Waals surface area contributed by atoms with Crippen LogP contribution in [-0.4, -0.2) is 28.8 Å². The molecule has 0 aliphatic carbocycles. The van der Waals surface area contributed by atoms with Gasteiger partial charge in [0.25, 0.3) is 5.91 Å². The molecule has 132 valence electrons. The smallest absolute Gasteiger partial charge is 0.269 e. The van der Waals surface area contributed by atoms with Crippen molar-refractivity contribution in [2.24, 2.45) is 0 Å². The van der Waals surface area contributed by atoms with Crippen LogP contribution in [0.5, 0.6) is 0 Å². The molecule has 26 heavy (non-hydrogen) atoms. The normalized spacial score (nSPS) is 16.2. The van der Waals surface area contributed by atoms with E-state index in [9.17, 15) is 9.18 Å². The molecule has 1 aliphatic rings. The Morgan fingerprint density at radius 1 is 1.15 bits per heavy atom. The van der Waals surface area contributed by atoms with Gasteiger partial charge >= 0.3 is 0 Å². The van der Waals surface area contributed by atoms with Crippen LogP contribution < -0.4 is 5.32 Å². The van der Waals surface area contributed by atoms with Crippen LogP contribution in [0.1, 0.15) is 22.1 Å². The van der Waals surface area contributed by atoms with E-state index in [-0.39, 0.29) is 17.8 Å². The van der Waals surface area contributed by atoms with Crippen molar-refractivity contribution in [2.75, 3.05) is 13.2 Å². The zero-order valence-corrected chi connectivity index (χ0v) is 14.1. The quantitative estimate of drug-likeness (QED) is 0.768. The molecule has 6 heteroatoms. The van der Waals surface area contributed by atoms with Crippen LogP contribution >= 0.6 is 0 Å². The summed E-state index contributed by atoms with van der Waals surface area (Å²) in [7, 11) is 0. The van der Waals surface area contributed by atoms with E-state index in [1.807, 2.05) is 30.3 Å².